The number of anilines is 2. The van der Waals surface area contributed by atoms with Crippen LogP contribution in [0.2, 0.25) is 0 Å². The van der Waals surface area contributed by atoms with Gasteiger partial charge in [-0.3, -0.25) is 0 Å². The highest BCUT2D eigenvalue weighted by molar-refractivity contribution is 9.10. The van der Waals surface area contributed by atoms with Gasteiger partial charge in [0.15, 0.2) is 0 Å². The van der Waals surface area contributed by atoms with Crippen LogP contribution in [0.25, 0.3) is 0 Å². The first-order valence-corrected chi connectivity index (χ1v) is 7.54. The molecule has 1 aliphatic carbocycles. The molecule has 5 heteroatoms. The molecule has 0 atom stereocenters. The molecule has 1 aliphatic rings. The van der Waals surface area contributed by atoms with Gasteiger partial charge in [-0.05, 0) is 59.0 Å². The monoisotopic (exact) mass is 343 g/mol. The molecule has 0 saturated heterocycles. The molecule has 0 saturated carbocycles. The van der Waals surface area contributed by atoms with Gasteiger partial charge in [0.1, 0.15) is 17.6 Å². The third-order valence-electron chi connectivity index (χ3n) is 3.60. The van der Waals surface area contributed by atoms with Crippen LogP contribution in [-0.4, -0.2) is 12.1 Å². The van der Waals surface area contributed by atoms with Gasteiger partial charge < -0.3 is 10.1 Å². The summed E-state index contributed by atoms with van der Waals surface area (Å²) < 4.78 is 6.13. The predicted molar refractivity (Wildman–Crippen MR) is 85.0 cm³/mol. The van der Waals surface area contributed by atoms with E-state index in [-0.39, 0.29) is 0 Å². The largest absolute Gasteiger partial charge is 0.497 e. The average molecular weight is 344 g/mol. The predicted octanol–water partition coefficient (Wildman–Crippen LogP) is 3.96. The highest BCUT2D eigenvalue weighted by Crippen LogP contribution is 2.32. The lowest BCUT2D eigenvalue weighted by molar-refractivity contribution is 0.415. The van der Waals surface area contributed by atoms with Crippen LogP contribution in [0.3, 0.4) is 0 Å². The number of benzene rings is 1. The molecule has 0 fully saturated rings. The zero-order valence-electron chi connectivity index (χ0n) is 11.6. The van der Waals surface area contributed by atoms with Gasteiger partial charge in [-0.25, -0.2) is 4.98 Å². The van der Waals surface area contributed by atoms with E-state index in [1.807, 2.05) is 24.3 Å². The molecule has 1 N–H and O–H groups in total. The van der Waals surface area contributed by atoms with Crippen molar-refractivity contribution in [2.75, 3.05) is 12.4 Å². The van der Waals surface area contributed by atoms with Gasteiger partial charge in [0.05, 0.1) is 18.4 Å². The molecule has 21 heavy (non-hydrogen) atoms. The Bertz CT molecular complexity index is 737. The summed E-state index contributed by atoms with van der Waals surface area (Å²) >= 11 is 3.50. The second kappa shape index (κ2) is 5.74. The van der Waals surface area contributed by atoms with Crippen LogP contribution in [0.4, 0.5) is 11.5 Å². The van der Waals surface area contributed by atoms with E-state index in [0.717, 1.165) is 40.9 Å². The minimum atomic E-state index is 0.574. The fourth-order valence-corrected chi connectivity index (χ4v) is 2.85. The van der Waals surface area contributed by atoms with E-state index in [2.05, 4.69) is 32.3 Å². The highest BCUT2D eigenvalue weighted by Gasteiger charge is 2.17. The Hall–Kier alpha value is -2.06. The first-order valence-electron chi connectivity index (χ1n) is 6.74. The van der Waals surface area contributed by atoms with E-state index in [4.69, 9.17) is 4.74 Å². The smallest absolute Gasteiger partial charge is 0.148 e. The maximum Gasteiger partial charge on any atom is 0.148 e. The van der Waals surface area contributed by atoms with Crippen molar-refractivity contribution in [3.63, 3.8) is 0 Å². The van der Waals surface area contributed by atoms with Gasteiger partial charge in [-0.15, -0.1) is 0 Å². The van der Waals surface area contributed by atoms with Crippen LogP contribution in [0, 0.1) is 11.3 Å². The molecular weight excluding hydrogens is 330 g/mol. The number of aromatic nitrogens is 1. The molecule has 0 aliphatic heterocycles. The normalized spacial score (nSPS) is 12.6. The van der Waals surface area contributed by atoms with Gasteiger partial charge >= 0.3 is 0 Å². The zero-order chi connectivity index (χ0) is 14.8. The molecule has 0 unspecified atom stereocenters. The lowest BCUT2D eigenvalue weighted by atomic mass is 10.1. The second-order valence-corrected chi connectivity index (χ2v) is 5.78. The Kier molecular flexibility index (Phi) is 3.80. The van der Waals surface area contributed by atoms with E-state index in [0.29, 0.717) is 11.4 Å². The summed E-state index contributed by atoms with van der Waals surface area (Å²) in [6, 6.07) is 9.82. The van der Waals surface area contributed by atoms with Crippen molar-refractivity contribution in [3.05, 3.63) is 45.6 Å². The number of hydrogen-bond acceptors (Lipinski definition) is 4. The van der Waals surface area contributed by atoms with Crippen molar-refractivity contribution in [3.8, 4) is 11.8 Å². The topological polar surface area (TPSA) is 57.9 Å². The average Bonchev–Trinajstić information content (AvgIpc) is 2.95. The highest BCUT2D eigenvalue weighted by atomic mass is 79.9. The lowest BCUT2D eigenvalue weighted by Gasteiger charge is -2.12. The van der Waals surface area contributed by atoms with Gasteiger partial charge in [0, 0.05) is 16.2 Å². The Labute approximate surface area is 131 Å². The molecule has 1 aromatic carbocycles. The zero-order valence-corrected chi connectivity index (χ0v) is 13.2. The summed E-state index contributed by atoms with van der Waals surface area (Å²) in [6.45, 7) is 0. The molecule has 0 amide bonds. The number of nitrogens with zero attached hydrogens (tertiary/aromatic N) is 2. The summed E-state index contributed by atoms with van der Waals surface area (Å²) in [5.74, 6) is 1.35. The SMILES string of the molecule is COc1ccc(Br)c(Nc2nc3c(cc2C#N)CCC3)c1. The van der Waals surface area contributed by atoms with E-state index in [9.17, 15) is 5.26 Å². The van der Waals surface area contributed by atoms with Crippen LogP contribution >= 0.6 is 15.9 Å². The van der Waals surface area contributed by atoms with Crippen LogP contribution in [0.5, 0.6) is 5.75 Å². The number of nitriles is 1. The number of methoxy groups -OCH3 is 1. The van der Waals surface area contributed by atoms with Crippen LogP contribution in [0.15, 0.2) is 28.7 Å². The summed E-state index contributed by atoms with van der Waals surface area (Å²) in [4.78, 5) is 4.62. The van der Waals surface area contributed by atoms with Crippen molar-refractivity contribution in [1.29, 1.82) is 5.26 Å². The van der Waals surface area contributed by atoms with Gasteiger partial charge in [-0.1, -0.05) is 0 Å². The van der Waals surface area contributed by atoms with E-state index < -0.39 is 0 Å². The van der Waals surface area contributed by atoms with Crippen molar-refractivity contribution < 1.29 is 4.74 Å². The Morgan fingerprint density at radius 3 is 2.95 bits per heavy atom. The number of pyridine rings is 1. The molecule has 2 aromatic rings. The molecule has 1 aromatic heterocycles. The molecule has 3 rings (SSSR count). The molecular formula is C16H14BrN3O. The van der Waals surface area contributed by atoms with E-state index in [1.54, 1.807) is 7.11 Å². The molecule has 0 bridgehead atoms. The number of fused-ring (bicyclic) bond motifs is 1. The first kappa shape index (κ1) is 13.9. The van der Waals surface area contributed by atoms with Crippen molar-refractivity contribution >= 4 is 27.4 Å². The first-order chi connectivity index (χ1) is 10.2. The maximum absolute atomic E-state index is 9.33. The van der Waals surface area contributed by atoms with Crippen LogP contribution in [-0.2, 0) is 12.8 Å². The Balaban J connectivity index is 2.00. The number of rotatable bonds is 3. The fraction of sp³-hybridized carbons (Fsp3) is 0.250. The van der Waals surface area contributed by atoms with Crippen molar-refractivity contribution in [1.82, 2.24) is 4.98 Å². The summed E-state index contributed by atoms with van der Waals surface area (Å²) in [5, 5.41) is 12.6. The minimum absolute atomic E-state index is 0.574. The number of ether oxygens (including phenoxy) is 1. The lowest BCUT2D eigenvalue weighted by Crippen LogP contribution is -2.01. The molecule has 1 heterocycles. The Morgan fingerprint density at radius 2 is 2.19 bits per heavy atom. The minimum Gasteiger partial charge on any atom is -0.497 e. The van der Waals surface area contributed by atoms with Gasteiger partial charge in [0.25, 0.3) is 0 Å². The van der Waals surface area contributed by atoms with E-state index in [1.165, 1.54) is 5.56 Å². The fourth-order valence-electron chi connectivity index (χ4n) is 2.51. The second-order valence-electron chi connectivity index (χ2n) is 4.93. The third-order valence-corrected chi connectivity index (χ3v) is 4.29. The molecule has 0 spiro atoms. The maximum atomic E-state index is 9.33. The van der Waals surface area contributed by atoms with Crippen molar-refractivity contribution in [2.24, 2.45) is 0 Å². The Morgan fingerprint density at radius 1 is 1.33 bits per heavy atom. The van der Waals surface area contributed by atoms with Crippen molar-refractivity contribution in [2.45, 2.75) is 19.3 Å². The van der Waals surface area contributed by atoms with E-state index >= 15 is 0 Å². The third kappa shape index (κ3) is 2.72. The van der Waals surface area contributed by atoms with Crippen LogP contribution in [0.1, 0.15) is 23.2 Å². The molecule has 4 nitrogen and oxygen atoms in total. The number of aryl methyl sites for hydroxylation is 2. The molecule has 106 valence electrons. The number of halogens is 1. The van der Waals surface area contributed by atoms with Crippen LogP contribution < -0.4 is 10.1 Å². The van der Waals surface area contributed by atoms with Gasteiger partial charge in [-0.2, -0.15) is 5.26 Å². The number of hydrogen-bond donors (Lipinski definition) is 1. The van der Waals surface area contributed by atoms with Gasteiger partial charge in [0.2, 0.25) is 0 Å². The summed E-state index contributed by atoms with van der Waals surface area (Å²) in [5.41, 5.74) is 3.69. The summed E-state index contributed by atoms with van der Waals surface area (Å²) in [7, 11) is 1.63. The molecule has 0 radical (unpaired) electrons. The summed E-state index contributed by atoms with van der Waals surface area (Å²) in [6.07, 6.45) is 3.11. The number of nitrogens with one attached hydrogen (secondary N) is 1. The standard InChI is InChI=1S/C16H14BrN3O/c1-21-12-5-6-13(17)15(8-12)20-16-11(9-18)7-10-3-2-4-14(10)19-16/h5-8H,2-4H2,1H3,(H,19,20). The quantitative estimate of drug-likeness (QED) is 0.916.